The predicted octanol–water partition coefficient (Wildman–Crippen LogP) is 5.30. The smallest absolute Gasteiger partial charge is 0.270 e. The molecule has 0 bridgehead atoms. The number of hydrogen-bond donors (Lipinski definition) is 1. The van der Waals surface area contributed by atoms with Gasteiger partial charge >= 0.3 is 0 Å². The standard InChI is InChI=1S/C24H29N3O/c1-15-8-11-21(18(4)12-15)27-22(23(28)25-24(5,6)7)14-20(26-27)19-10-9-16(2)17(3)13-19/h8-14H,1-7H3,(H,25,28). The summed E-state index contributed by atoms with van der Waals surface area (Å²) in [6.45, 7) is 14.2. The average Bonchev–Trinajstić information content (AvgIpc) is 3.01. The lowest BCUT2D eigenvalue weighted by molar-refractivity contribution is 0.0911. The lowest BCUT2D eigenvalue weighted by atomic mass is 10.0. The molecule has 0 saturated carbocycles. The fraction of sp³-hybridized carbons (Fsp3) is 0.333. The van der Waals surface area contributed by atoms with Crippen LogP contribution in [0.1, 0.15) is 53.5 Å². The molecular weight excluding hydrogens is 346 g/mol. The molecule has 0 aliphatic heterocycles. The highest BCUT2D eigenvalue weighted by molar-refractivity contribution is 5.95. The van der Waals surface area contributed by atoms with Crippen LogP contribution in [0.4, 0.5) is 0 Å². The van der Waals surface area contributed by atoms with E-state index in [0.29, 0.717) is 5.69 Å². The van der Waals surface area contributed by atoms with E-state index < -0.39 is 0 Å². The molecule has 1 amide bonds. The first-order valence-corrected chi connectivity index (χ1v) is 9.63. The van der Waals surface area contributed by atoms with Crippen LogP contribution < -0.4 is 5.32 Å². The first-order chi connectivity index (χ1) is 13.0. The van der Waals surface area contributed by atoms with Crippen LogP contribution >= 0.6 is 0 Å². The number of aromatic nitrogens is 2. The summed E-state index contributed by atoms with van der Waals surface area (Å²) >= 11 is 0. The minimum absolute atomic E-state index is 0.130. The van der Waals surface area contributed by atoms with Crippen molar-refractivity contribution >= 4 is 5.91 Å². The van der Waals surface area contributed by atoms with Gasteiger partial charge in [0.25, 0.3) is 5.91 Å². The fourth-order valence-corrected chi connectivity index (χ4v) is 3.22. The maximum Gasteiger partial charge on any atom is 0.270 e. The molecule has 28 heavy (non-hydrogen) atoms. The number of nitrogens with zero attached hydrogens (tertiary/aromatic N) is 2. The van der Waals surface area contributed by atoms with E-state index in [-0.39, 0.29) is 11.4 Å². The number of rotatable bonds is 3. The van der Waals surface area contributed by atoms with Crippen LogP contribution in [0, 0.1) is 27.7 Å². The highest BCUT2D eigenvalue weighted by Crippen LogP contribution is 2.26. The zero-order chi connectivity index (χ0) is 20.6. The van der Waals surface area contributed by atoms with E-state index in [2.05, 4.69) is 50.4 Å². The molecule has 146 valence electrons. The Morgan fingerprint density at radius 2 is 1.61 bits per heavy atom. The SMILES string of the molecule is Cc1ccc(-n2nc(-c3ccc(C)c(C)c3)cc2C(=O)NC(C)(C)C)c(C)c1. The molecule has 3 aromatic rings. The number of hydrogen-bond acceptors (Lipinski definition) is 2. The summed E-state index contributed by atoms with van der Waals surface area (Å²) < 4.78 is 1.76. The van der Waals surface area contributed by atoms with E-state index in [4.69, 9.17) is 5.10 Å². The Morgan fingerprint density at radius 3 is 2.21 bits per heavy atom. The molecule has 0 saturated heterocycles. The second-order valence-corrected chi connectivity index (χ2v) is 8.62. The molecule has 1 N–H and O–H groups in total. The molecule has 0 fully saturated rings. The Hall–Kier alpha value is -2.88. The van der Waals surface area contributed by atoms with Crippen LogP contribution in [0.25, 0.3) is 16.9 Å². The summed E-state index contributed by atoms with van der Waals surface area (Å²) in [6, 6.07) is 14.3. The zero-order valence-corrected chi connectivity index (χ0v) is 17.8. The van der Waals surface area contributed by atoms with Gasteiger partial charge < -0.3 is 5.32 Å². The van der Waals surface area contributed by atoms with Gasteiger partial charge in [0.1, 0.15) is 5.69 Å². The largest absolute Gasteiger partial charge is 0.346 e. The average molecular weight is 376 g/mol. The molecule has 3 rings (SSSR count). The van der Waals surface area contributed by atoms with Crippen molar-refractivity contribution in [3.8, 4) is 16.9 Å². The van der Waals surface area contributed by atoms with Gasteiger partial charge in [-0.1, -0.05) is 29.8 Å². The minimum atomic E-state index is -0.324. The van der Waals surface area contributed by atoms with Crippen molar-refractivity contribution in [3.05, 3.63) is 70.4 Å². The molecule has 0 unspecified atom stereocenters. The molecule has 4 nitrogen and oxygen atoms in total. The second kappa shape index (κ2) is 7.27. The molecule has 2 aromatic carbocycles. The van der Waals surface area contributed by atoms with Gasteiger partial charge in [-0.15, -0.1) is 0 Å². The van der Waals surface area contributed by atoms with Gasteiger partial charge in [-0.25, -0.2) is 4.68 Å². The maximum atomic E-state index is 13.0. The zero-order valence-electron chi connectivity index (χ0n) is 17.8. The molecule has 1 heterocycles. The molecule has 0 radical (unpaired) electrons. The van der Waals surface area contributed by atoms with Crippen LogP contribution in [-0.4, -0.2) is 21.2 Å². The van der Waals surface area contributed by atoms with Gasteiger partial charge in [-0.05, 0) is 83.4 Å². The van der Waals surface area contributed by atoms with E-state index in [0.717, 1.165) is 22.5 Å². The summed E-state index contributed by atoms with van der Waals surface area (Å²) in [5.41, 5.74) is 7.65. The Balaban J connectivity index is 2.16. The fourth-order valence-electron chi connectivity index (χ4n) is 3.22. The topological polar surface area (TPSA) is 46.9 Å². The Labute approximate surface area is 167 Å². The predicted molar refractivity (Wildman–Crippen MR) is 115 cm³/mol. The van der Waals surface area contributed by atoms with Gasteiger partial charge in [-0.3, -0.25) is 4.79 Å². The van der Waals surface area contributed by atoms with E-state index in [9.17, 15) is 4.79 Å². The summed E-state index contributed by atoms with van der Waals surface area (Å²) in [7, 11) is 0. The van der Waals surface area contributed by atoms with E-state index in [1.807, 2.05) is 45.9 Å². The third-order valence-corrected chi connectivity index (χ3v) is 4.81. The third kappa shape index (κ3) is 4.16. The third-order valence-electron chi connectivity index (χ3n) is 4.81. The van der Waals surface area contributed by atoms with Gasteiger partial charge in [0.2, 0.25) is 0 Å². The molecule has 4 heteroatoms. The number of nitrogens with one attached hydrogen (secondary N) is 1. The first kappa shape index (κ1) is 19.9. The van der Waals surface area contributed by atoms with E-state index >= 15 is 0 Å². The highest BCUT2D eigenvalue weighted by atomic mass is 16.2. The van der Waals surface area contributed by atoms with Gasteiger partial charge in [0.15, 0.2) is 0 Å². The lowest BCUT2D eigenvalue weighted by Crippen LogP contribution is -2.41. The van der Waals surface area contributed by atoms with Crippen LogP contribution in [0.3, 0.4) is 0 Å². The quantitative estimate of drug-likeness (QED) is 0.675. The molecule has 1 aromatic heterocycles. The van der Waals surface area contributed by atoms with Gasteiger partial charge in [-0.2, -0.15) is 5.10 Å². The van der Waals surface area contributed by atoms with Crippen molar-refractivity contribution in [1.82, 2.24) is 15.1 Å². The monoisotopic (exact) mass is 375 g/mol. The number of carbonyl (C=O) groups is 1. The van der Waals surface area contributed by atoms with Crippen molar-refractivity contribution in [1.29, 1.82) is 0 Å². The summed E-state index contributed by atoms with van der Waals surface area (Å²) in [5.74, 6) is -0.130. The Bertz CT molecular complexity index is 1040. The minimum Gasteiger partial charge on any atom is -0.346 e. The Kier molecular flexibility index (Phi) is 5.16. The molecular formula is C24H29N3O. The summed E-state index contributed by atoms with van der Waals surface area (Å²) in [6.07, 6.45) is 0. The van der Waals surface area contributed by atoms with Crippen molar-refractivity contribution < 1.29 is 4.79 Å². The number of carbonyl (C=O) groups excluding carboxylic acids is 1. The molecule has 0 spiro atoms. The maximum absolute atomic E-state index is 13.0. The summed E-state index contributed by atoms with van der Waals surface area (Å²) in [4.78, 5) is 13.0. The van der Waals surface area contributed by atoms with Crippen LogP contribution in [0.5, 0.6) is 0 Å². The second-order valence-electron chi connectivity index (χ2n) is 8.62. The number of amides is 1. The molecule has 0 aliphatic carbocycles. The van der Waals surface area contributed by atoms with E-state index in [1.165, 1.54) is 16.7 Å². The van der Waals surface area contributed by atoms with Crippen molar-refractivity contribution in [2.75, 3.05) is 0 Å². The van der Waals surface area contributed by atoms with Crippen molar-refractivity contribution in [2.24, 2.45) is 0 Å². The number of benzene rings is 2. The van der Waals surface area contributed by atoms with Crippen LogP contribution in [-0.2, 0) is 0 Å². The Morgan fingerprint density at radius 1 is 0.893 bits per heavy atom. The summed E-state index contributed by atoms with van der Waals surface area (Å²) in [5, 5.41) is 7.88. The lowest BCUT2D eigenvalue weighted by Gasteiger charge is -2.21. The van der Waals surface area contributed by atoms with Crippen LogP contribution in [0.2, 0.25) is 0 Å². The van der Waals surface area contributed by atoms with Crippen LogP contribution in [0.15, 0.2) is 42.5 Å². The molecule has 0 aliphatic rings. The van der Waals surface area contributed by atoms with Gasteiger partial charge in [0, 0.05) is 11.1 Å². The molecule has 0 atom stereocenters. The van der Waals surface area contributed by atoms with Gasteiger partial charge in [0.05, 0.1) is 11.4 Å². The van der Waals surface area contributed by atoms with E-state index in [1.54, 1.807) is 4.68 Å². The normalized spacial score (nSPS) is 11.5. The van der Waals surface area contributed by atoms with Crippen molar-refractivity contribution in [2.45, 2.75) is 54.0 Å². The first-order valence-electron chi connectivity index (χ1n) is 9.63. The van der Waals surface area contributed by atoms with Crippen molar-refractivity contribution in [3.63, 3.8) is 0 Å². The number of aryl methyl sites for hydroxylation is 4. The highest BCUT2D eigenvalue weighted by Gasteiger charge is 2.22.